The fourth-order valence-corrected chi connectivity index (χ4v) is 2.41. The predicted molar refractivity (Wildman–Crippen MR) is 72.4 cm³/mol. The maximum Gasteiger partial charge on any atom is 0.329 e. The number of furan rings is 1. The van der Waals surface area contributed by atoms with Gasteiger partial charge in [-0.3, -0.25) is 4.79 Å². The molecule has 1 aliphatic carbocycles. The Labute approximate surface area is 119 Å². The minimum atomic E-state index is -1.30. The van der Waals surface area contributed by atoms with Gasteiger partial charge in [-0.15, -0.1) is 0 Å². The molecule has 1 heterocycles. The van der Waals surface area contributed by atoms with Crippen molar-refractivity contribution in [2.45, 2.75) is 25.3 Å². The number of carbonyl (C=O) groups excluding carboxylic acids is 1. The molecule has 0 spiro atoms. The summed E-state index contributed by atoms with van der Waals surface area (Å²) in [5.41, 5.74) is -0.925. The van der Waals surface area contributed by atoms with Gasteiger partial charge in [-0.05, 0) is 49.9 Å². The van der Waals surface area contributed by atoms with Gasteiger partial charge in [0.15, 0.2) is 5.76 Å². The molecular formula is C15H14FNO4. The largest absolute Gasteiger partial charge is 0.480 e. The molecule has 0 saturated heterocycles. The van der Waals surface area contributed by atoms with Crippen LogP contribution in [0.2, 0.25) is 0 Å². The van der Waals surface area contributed by atoms with E-state index in [1.165, 1.54) is 31.2 Å². The molecule has 5 nitrogen and oxygen atoms in total. The normalized spacial score (nSPS) is 17.4. The van der Waals surface area contributed by atoms with Crippen LogP contribution in [0.3, 0.4) is 0 Å². The topological polar surface area (TPSA) is 79.5 Å². The molecule has 1 atom stereocenters. The molecule has 21 heavy (non-hydrogen) atoms. The average Bonchev–Trinajstić information content (AvgIpc) is 3.19. The molecule has 1 fully saturated rings. The smallest absolute Gasteiger partial charge is 0.329 e. The van der Waals surface area contributed by atoms with Gasteiger partial charge in [0.1, 0.15) is 16.9 Å². The Bertz CT molecular complexity index is 734. The Hall–Kier alpha value is -2.37. The van der Waals surface area contributed by atoms with Crippen molar-refractivity contribution >= 4 is 22.8 Å². The van der Waals surface area contributed by atoms with Crippen LogP contribution >= 0.6 is 0 Å². The van der Waals surface area contributed by atoms with Crippen LogP contribution in [0.1, 0.15) is 30.3 Å². The van der Waals surface area contributed by atoms with E-state index >= 15 is 0 Å². The van der Waals surface area contributed by atoms with E-state index in [-0.39, 0.29) is 11.7 Å². The molecule has 1 aromatic heterocycles. The summed E-state index contributed by atoms with van der Waals surface area (Å²) >= 11 is 0. The molecule has 3 rings (SSSR count). The highest BCUT2D eigenvalue weighted by Crippen LogP contribution is 2.40. The number of nitrogens with one attached hydrogen (secondary N) is 1. The SMILES string of the molecule is CC(NC(=O)c1cc2cc(F)ccc2o1)(C(=O)O)C1CC1. The zero-order chi connectivity index (χ0) is 15.2. The zero-order valence-corrected chi connectivity index (χ0v) is 11.4. The summed E-state index contributed by atoms with van der Waals surface area (Å²) in [7, 11) is 0. The zero-order valence-electron chi connectivity index (χ0n) is 11.4. The van der Waals surface area contributed by atoms with Crippen molar-refractivity contribution in [1.82, 2.24) is 5.32 Å². The van der Waals surface area contributed by atoms with Crippen molar-refractivity contribution < 1.29 is 23.5 Å². The summed E-state index contributed by atoms with van der Waals surface area (Å²) in [6, 6.07) is 5.33. The molecular weight excluding hydrogens is 277 g/mol. The number of rotatable bonds is 4. The van der Waals surface area contributed by atoms with Gasteiger partial charge in [0.2, 0.25) is 0 Å². The number of carboxylic acids is 1. The molecule has 0 bridgehead atoms. The third-order valence-electron chi connectivity index (χ3n) is 3.91. The lowest BCUT2D eigenvalue weighted by molar-refractivity contribution is -0.144. The summed E-state index contributed by atoms with van der Waals surface area (Å²) in [6.45, 7) is 1.49. The Morgan fingerprint density at radius 3 is 2.71 bits per heavy atom. The van der Waals surface area contributed by atoms with E-state index in [0.29, 0.717) is 11.0 Å². The van der Waals surface area contributed by atoms with Crippen LogP contribution in [0, 0.1) is 11.7 Å². The summed E-state index contributed by atoms with van der Waals surface area (Å²) < 4.78 is 18.5. The highest BCUT2D eigenvalue weighted by Gasteiger charge is 2.48. The summed E-state index contributed by atoms with van der Waals surface area (Å²) in [6.07, 6.45) is 1.54. The summed E-state index contributed by atoms with van der Waals surface area (Å²) in [5.74, 6) is -2.20. The number of aliphatic carboxylic acids is 1. The second-order valence-electron chi connectivity index (χ2n) is 5.53. The number of carbonyl (C=O) groups is 2. The van der Waals surface area contributed by atoms with Crippen molar-refractivity contribution in [3.63, 3.8) is 0 Å². The lowest BCUT2D eigenvalue weighted by Gasteiger charge is -2.25. The Morgan fingerprint density at radius 1 is 1.38 bits per heavy atom. The number of halogens is 1. The van der Waals surface area contributed by atoms with E-state index in [0.717, 1.165) is 12.8 Å². The highest BCUT2D eigenvalue weighted by atomic mass is 19.1. The first kappa shape index (κ1) is 13.6. The van der Waals surface area contributed by atoms with Crippen molar-refractivity contribution in [2.24, 2.45) is 5.92 Å². The minimum Gasteiger partial charge on any atom is -0.480 e. The van der Waals surface area contributed by atoms with Crippen LogP contribution < -0.4 is 5.32 Å². The lowest BCUT2D eigenvalue weighted by Crippen LogP contribution is -2.53. The Kier molecular flexibility index (Phi) is 2.97. The number of hydrogen-bond acceptors (Lipinski definition) is 3. The number of carboxylic acid groups (broad SMARTS) is 1. The first-order valence-electron chi connectivity index (χ1n) is 6.65. The van der Waals surface area contributed by atoms with E-state index in [2.05, 4.69) is 5.32 Å². The fourth-order valence-electron chi connectivity index (χ4n) is 2.41. The van der Waals surface area contributed by atoms with E-state index in [4.69, 9.17) is 4.42 Å². The molecule has 110 valence electrons. The quantitative estimate of drug-likeness (QED) is 0.907. The van der Waals surface area contributed by atoms with Crippen molar-refractivity contribution in [2.75, 3.05) is 0 Å². The van der Waals surface area contributed by atoms with E-state index in [9.17, 15) is 19.1 Å². The minimum absolute atomic E-state index is 0.0243. The first-order valence-corrected chi connectivity index (χ1v) is 6.65. The van der Waals surface area contributed by atoms with Gasteiger partial charge in [0, 0.05) is 5.39 Å². The monoisotopic (exact) mass is 291 g/mol. The molecule has 0 aliphatic heterocycles. The van der Waals surface area contributed by atoms with Crippen LogP contribution in [-0.4, -0.2) is 22.5 Å². The van der Waals surface area contributed by atoms with Crippen LogP contribution in [0.15, 0.2) is 28.7 Å². The van der Waals surface area contributed by atoms with Gasteiger partial charge in [0.25, 0.3) is 5.91 Å². The standard InChI is InChI=1S/C15H14FNO4/c1-15(14(19)20,9-2-3-9)17-13(18)12-7-8-6-10(16)4-5-11(8)21-12/h4-7,9H,2-3H2,1H3,(H,17,18)(H,19,20). The molecule has 2 N–H and O–H groups in total. The third-order valence-corrected chi connectivity index (χ3v) is 3.91. The van der Waals surface area contributed by atoms with E-state index < -0.39 is 23.2 Å². The van der Waals surface area contributed by atoms with Gasteiger partial charge in [-0.25, -0.2) is 9.18 Å². The van der Waals surface area contributed by atoms with Crippen LogP contribution in [0.25, 0.3) is 11.0 Å². The second-order valence-corrected chi connectivity index (χ2v) is 5.53. The molecule has 1 amide bonds. The highest BCUT2D eigenvalue weighted by molar-refractivity contribution is 5.99. The van der Waals surface area contributed by atoms with Crippen molar-refractivity contribution in [1.29, 1.82) is 0 Å². The van der Waals surface area contributed by atoms with Crippen LogP contribution in [-0.2, 0) is 4.79 Å². The molecule has 1 unspecified atom stereocenters. The van der Waals surface area contributed by atoms with E-state index in [1.807, 2.05) is 0 Å². The van der Waals surface area contributed by atoms with Crippen LogP contribution in [0.5, 0.6) is 0 Å². The maximum absolute atomic E-state index is 13.1. The number of benzene rings is 1. The van der Waals surface area contributed by atoms with Gasteiger partial charge >= 0.3 is 5.97 Å². The Balaban J connectivity index is 1.88. The fraction of sp³-hybridized carbons (Fsp3) is 0.333. The van der Waals surface area contributed by atoms with Crippen LogP contribution in [0.4, 0.5) is 4.39 Å². The predicted octanol–water partition coefficient (Wildman–Crippen LogP) is 2.56. The summed E-state index contributed by atoms with van der Waals surface area (Å²) in [5, 5.41) is 12.3. The van der Waals surface area contributed by atoms with Crippen molar-refractivity contribution in [3.05, 3.63) is 35.8 Å². The van der Waals surface area contributed by atoms with Gasteiger partial charge < -0.3 is 14.8 Å². The maximum atomic E-state index is 13.1. The number of fused-ring (bicyclic) bond motifs is 1. The van der Waals surface area contributed by atoms with Gasteiger partial charge in [0.05, 0.1) is 0 Å². The van der Waals surface area contributed by atoms with Gasteiger partial charge in [-0.1, -0.05) is 0 Å². The summed E-state index contributed by atoms with van der Waals surface area (Å²) in [4.78, 5) is 23.6. The van der Waals surface area contributed by atoms with E-state index in [1.54, 1.807) is 0 Å². The third kappa shape index (κ3) is 2.37. The molecule has 2 aromatic rings. The Morgan fingerprint density at radius 2 is 2.10 bits per heavy atom. The number of hydrogen-bond donors (Lipinski definition) is 2. The molecule has 1 aromatic carbocycles. The first-order chi connectivity index (χ1) is 9.90. The molecule has 1 saturated carbocycles. The lowest BCUT2D eigenvalue weighted by atomic mass is 9.96. The second kappa shape index (κ2) is 4.58. The molecule has 1 aliphatic rings. The average molecular weight is 291 g/mol. The molecule has 6 heteroatoms. The van der Waals surface area contributed by atoms with Crippen molar-refractivity contribution in [3.8, 4) is 0 Å². The molecule has 0 radical (unpaired) electrons. The van der Waals surface area contributed by atoms with Gasteiger partial charge in [-0.2, -0.15) is 0 Å². The number of amides is 1.